The van der Waals surface area contributed by atoms with Gasteiger partial charge in [0, 0.05) is 51.4 Å². The molecular weight excluding hydrogens is 466 g/mol. The zero-order valence-corrected chi connectivity index (χ0v) is 19.8. The van der Waals surface area contributed by atoms with Crippen molar-refractivity contribution in [2.75, 3.05) is 54.8 Å². The molecule has 2 aliphatic heterocycles. The second kappa shape index (κ2) is 8.86. The van der Waals surface area contributed by atoms with Gasteiger partial charge in [0.25, 0.3) is 0 Å². The Hall–Kier alpha value is -3.64. The predicted molar refractivity (Wildman–Crippen MR) is 132 cm³/mol. The molecule has 3 aliphatic rings. The number of nitrogens with zero attached hydrogens (tertiary/aromatic N) is 8. The van der Waals surface area contributed by atoms with E-state index in [2.05, 4.69) is 53.0 Å². The molecule has 35 heavy (non-hydrogen) atoms. The quantitative estimate of drug-likeness (QED) is 0.471. The highest BCUT2D eigenvalue weighted by Crippen LogP contribution is 2.37. The van der Waals surface area contributed by atoms with Gasteiger partial charge in [-0.1, -0.05) is 11.6 Å². The maximum Gasteiger partial charge on any atom is 0.247 e. The molecule has 1 saturated carbocycles. The molecule has 1 aromatic carbocycles. The molecule has 0 atom stereocenters. The zero-order chi connectivity index (χ0) is 23.9. The molecule has 0 bridgehead atoms. The smallest absolute Gasteiger partial charge is 0.247 e. The minimum absolute atomic E-state index is 0.264. The van der Waals surface area contributed by atoms with Crippen LogP contribution in [0.4, 0.5) is 23.1 Å². The number of hydrogen-bond donors (Lipinski definition) is 3. The summed E-state index contributed by atoms with van der Waals surface area (Å²) >= 11 is 6.87. The van der Waals surface area contributed by atoms with E-state index in [1.54, 1.807) is 6.07 Å². The number of rotatable bonds is 6. The Morgan fingerprint density at radius 3 is 2.54 bits per heavy atom. The molecule has 0 amide bonds. The number of hydrogen-bond acceptors (Lipinski definition) is 10. The minimum atomic E-state index is 0.264. The van der Waals surface area contributed by atoms with Gasteiger partial charge in [-0.2, -0.15) is 20.0 Å². The summed E-state index contributed by atoms with van der Waals surface area (Å²) in [5, 5.41) is 34.0. The van der Waals surface area contributed by atoms with Crippen LogP contribution >= 0.6 is 11.6 Å². The molecular formula is C23H24ClN11. The van der Waals surface area contributed by atoms with Crippen LogP contribution in [0.3, 0.4) is 0 Å². The number of nitrogens with one attached hydrogen (secondary N) is 3. The monoisotopic (exact) mass is 489 g/mol. The molecule has 0 spiro atoms. The van der Waals surface area contributed by atoms with Crippen LogP contribution < -0.4 is 20.9 Å². The molecule has 1 aliphatic carbocycles. The SMILES string of the molecule is N#Cc1cc(Nc2nc(NC3CC3)c3ncc(C#N)n3n2)c(Cl)c(N2CCN(C3CNC3)CC2)c1. The van der Waals surface area contributed by atoms with Crippen LogP contribution in [0.15, 0.2) is 18.3 Å². The standard InChI is InChI=1S/C23H24ClN11/c24-20-18(7-14(9-25)8-19(20)34-5-3-33(4-6-34)17-11-27-12-17)30-23-31-21(29-15-1-2-15)22-28-13-16(10-26)35(22)32-23/h7-8,13,15,17,27H,1-6,11-12H2,(H2,29,30,31,32). The van der Waals surface area contributed by atoms with Gasteiger partial charge in [-0.05, 0) is 25.0 Å². The van der Waals surface area contributed by atoms with Crippen LogP contribution in [0.2, 0.25) is 5.02 Å². The number of anilines is 4. The summed E-state index contributed by atoms with van der Waals surface area (Å²) < 4.78 is 1.47. The average Bonchev–Trinajstić information content (AvgIpc) is 3.56. The van der Waals surface area contributed by atoms with Crippen molar-refractivity contribution in [2.45, 2.75) is 24.9 Å². The lowest BCUT2D eigenvalue weighted by atomic mass is 10.1. The Labute approximate surface area is 207 Å². The minimum Gasteiger partial charge on any atom is -0.368 e. The summed E-state index contributed by atoms with van der Waals surface area (Å²) in [7, 11) is 0. The molecule has 3 aromatic rings. The first-order chi connectivity index (χ1) is 17.1. The number of aromatic nitrogens is 4. The van der Waals surface area contributed by atoms with Crippen molar-refractivity contribution in [3.05, 3.63) is 34.6 Å². The Morgan fingerprint density at radius 2 is 1.89 bits per heavy atom. The fourth-order valence-corrected chi connectivity index (χ4v) is 4.78. The van der Waals surface area contributed by atoms with Gasteiger partial charge < -0.3 is 20.9 Å². The number of halogens is 1. The first-order valence-corrected chi connectivity index (χ1v) is 12.1. The van der Waals surface area contributed by atoms with Gasteiger partial charge in [-0.3, -0.25) is 4.90 Å². The number of piperazine rings is 1. The van der Waals surface area contributed by atoms with Crippen LogP contribution in [0, 0.1) is 22.7 Å². The highest BCUT2D eigenvalue weighted by atomic mass is 35.5. The molecule has 12 heteroatoms. The van der Waals surface area contributed by atoms with Crippen LogP contribution in [-0.4, -0.2) is 75.8 Å². The van der Waals surface area contributed by atoms with Gasteiger partial charge >= 0.3 is 0 Å². The summed E-state index contributed by atoms with van der Waals surface area (Å²) in [6.07, 6.45) is 3.61. The van der Waals surface area contributed by atoms with Gasteiger partial charge in [0.2, 0.25) is 5.95 Å². The van der Waals surface area contributed by atoms with Crippen molar-refractivity contribution in [1.29, 1.82) is 10.5 Å². The molecule has 178 valence electrons. The van der Waals surface area contributed by atoms with Gasteiger partial charge in [0.1, 0.15) is 6.07 Å². The Kier molecular flexibility index (Phi) is 5.53. The van der Waals surface area contributed by atoms with Crippen molar-refractivity contribution in [2.24, 2.45) is 0 Å². The number of fused-ring (bicyclic) bond motifs is 1. The van der Waals surface area contributed by atoms with Crippen LogP contribution in [0.25, 0.3) is 5.65 Å². The summed E-state index contributed by atoms with van der Waals surface area (Å²) in [6.45, 7) is 5.67. The zero-order valence-electron chi connectivity index (χ0n) is 19.0. The molecule has 2 aromatic heterocycles. The highest BCUT2D eigenvalue weighted by Gasteiger charge is 2.29. The van der Waals surface area contributed by atoms with Crippen molar-refractivity contribution in [3.8, 4) is 12.1 Å². The first-order valence-electron chi connectivity index (χ1n) is 11.8. The molecule has 3 N–H and O–H groups in total. The van der Waals surface area contributed by atoms with E-state index >= 15 is 0 Å². The third-order valence-corrected chi connectivity index (χ3v) is 7.15. The molecule has 6 rings (SSSR count). The maximum atomic E-state index is 9.68. The van der Waals surface area contributed by atoms with E-state index in [-0.39, 0.29) is 5.95 Å². The summed E-state index contributed by atoms with van der Waals surface area (Å²) in [6, 6.07) is 8.84. The molecule has 4 heterocycles. The third kappa shape index (κ3) is 4.19. The van der Waals surface area contributed by atoms with Crippen molar-refractivity contribution in [3.63, 3.8) is 0 Å². The fraction of sp³-hybridized carbons (Fsp3) is 0.435. The lowest BCUT2D eigenvalue weighted by Crippen LogP contribution is -2.61. The van der Waals surface area contributed by atoms with Gasteiger partial charge in [-0.15, -0.1) is 5.10 Å². The molecule has 0 unspecified atom stereocenters. The maximum absolute atomic E-state index is 9.68. The van der Waals surface area contributed by atoms with Gasteiger partial charge in [0.05, 0.1) is 34.2 Å². The molecule has 0 radical (unpaired) electrons. The van der Waals surface area contributed by atoms with Crippen molar-refractivity contribution in [1.82, 2.24) is 29.8 Å². The van der Waals surface area contributed by atoms with Gasteiger partial charge in [-0.25, -0.2) is 4.98 Å². The van der Waals surface area contributed by atoms with Crippen molar-refractivity contribution >= 4 is 40.4 Å². The lowest BCUT2D eigenvalue weighted by molar-refractivity contribution is 0.138. The van der Waals surface area contributed by atoms with E-state index in [0.29, 0.717) is 45.5 Å². The Bertz CT molecular complexity index is 1350. The lowest BCUT2D eigenvalue weighted by Gasteiger charge is -2.44. The Balaban J connectivity index is 1.31. The fourth-order valence-electron chi connectivity index (χ4n) is 4.50. The molecule has 3 fully saturated rings. The van der Waals surface area contributed by atoms with E-state index in [1.807, 2.05) is 6.07 Å². The second-order valence-corrected chi connectivity index (χ2v) is 9.50. The summed E-state index contributed by atoms with van der Waals surface area (Å²) in [5.74, 6) is 0.821. The third-order valence-electron chi connectivity index (χ3n) is 6.76. The van der Waals surface area contributed by atoms with E-state index < -0.39 is 0 Å². The van der Waals surface area contributed by atoms with Crippen LogP contribution in [0.1, 0.15) is 24.1 Å². The van der Waals surface area contributed by atoms with Gasteiger partial charge in [0.15, 0.2) is 17.2 Å². The summed E-state index contributed by atoms with van der Waals surface area (Å²) in [5.41, 5.74) is 2.66. The topological polar surface area (TPSA) is 133 Å². The van der Waals surface area contributed by atoms with E-state index in [1.165, 1.54) is 10.7 Å². The van der Waals surface area contributed by atoms with Crippen LogP contribution in [-0.2, 0) is 0 Å². The first kappa shape index (κ1) is 21.9. The van der Waals surface area contributed by atoms with E-state index in [4.69, 9.17) is 11.6 Å². The number of imidazole rings is 1. The predicted octanol–water partition coefficient (Wildman–Crippen LogP) is 1.93. The normalized spacial score (nSPS) is 18.7. The largest absolute Gasteiger partial charge is 0.368 e. The number of benzene rings is 1. The van der Waals surface area contributed by atoms with Crippen molar-refractivity contribution < 1.29 is 0 Å². The highest BCUT2D eigenvalue weighted by molar-refractivity contribution is 6.36. The average molecular weight is 490 g/mol. The van der Waals surface area contributed by atoms with E-state index in [9.17, 15) is 10.5 Å². The Morgan fingerprint density at radius 1 is 1.09 bits per heavy atom. The van der Waals surface area contributed by atoms with E-state index in [0.717, 1.165) is 57.8 Å². The molecule has 11 nitrogen and oxygen atoms in total. The second-order valence-electron chi connectivity index (χ2n) is 9.12. The van der Waals surface area contributed by atoms with Crippen LogP contribution in [0.5, 0.6) is 0 Å². The number of nitriles is 2. The molecule has 2 saturated heterocycles. The summed E-state index contributed by atoms with van der Waals surface area (Å²) in [4.78, 5) is 13.7.